The summed E-state index contributed by atoms with van der Waals surface area (Å²) in [5.41, 5.74) is 1.99. The van der Waals surface area contributed by atoms with Crippen LogP contribution in [0.2, 0.25) is 0 Å². The molecule has 1 amide bonds. The van der Waals surface area contributed by atoms with Gasteiger partial charge in [-0.05, 0) is 54.7 Å². The van der Waals surface area contributed by atoms with Gasteiger partial charge in [-0.3, -0.25) is 9.52 Å². The summed E-state index contributed by atoms with van der Waals surface area (Å²) in [6.07, 6.45) is 4.31. The van der Waals surface area contributed by atoms with E-state index < -0.39 is 10.0 Å². The van der Waals surface area contributed by atoms with Crippen LogP contribution < -0.4 is 10.0 Å². The Morgan fingerprint density at radius 2 is 1.63 bits per heavy atom. The first-order valence-electron chi connectivity index (χ1n) is 9.39. The minimum absolute atomic E-state index is 0.137. The second-order valence-electron chi connectivity index (χ2n) is 7.33. The number of benzene rings is 2. The molecule has 6 heteroatoms. The molecule has 0 radical (unpaired) electrons. The Morgan fingerprint density at radius 3 is 2.26 bits per heavy atom. The number of carbonyl (C=O) groups is 1. The highest BCUT2D eigenvalue weighted by Crippen LogP contribution is 2.26. The van der Waals surface area contributed by atoms with Crippen LogP contribution in [0.25, 0.3) is 0 Å². The lowest BCUT2D eigenvalue weighted by Crippen LogP contribution is -2.32. The second kappa shape index (κ2) is 8.13. The van der Waals surface area contributed by atoms with Crippen molar-refractivity contribution in [3.63, 3.8) is 0 Å². The summed E-state index contributed by atoms with van der Waals surface area (Å²) >= 11 is 0. The topological polar surface area (TPSA) is 75.3 Å². The first-order chi connectivity index (χ1) is 12.9. The highest BCUT2D eigenvalue weighted by atomic mass is 32.2. The van der Waals surface area contributed by atoms with Gasteiger partial charge in [0, 0.05) is 11.6 Å². The van der Waals surface area contributed by atoms with E-state index in [0.29, 0.717) is 11.3 Å². The number of sulfonamides is 1. The highest BCUT2D eigenvalue weighted by molar-refractivity contribution is 7.92. The zero-order valence-electron chi connectivity index (χ0n) is 15.7. The lowest BCUT2D eigenvalue weighted by atomic mass is 10.0. The average molecular weight is 387 g/mol. The van der Waals surface area contributed by atoms with Crippen molar-refractivity contribution in [1.29, 1.82) is 0 Å². The molecular weight excluding hydrogens is 360 g/mol. The molecule has 2 aromatic rings. The van der Waals surface area contributed by atoms with E-state index in [-0.39, 0.29) is 22.8 Å². The Kier molecular flexibility index (Phi) is 5.85. The molecule has 1 fully saturated rings. The number of hydrogen-bond donors (Lipinski definition) is 2. The van der Waals surface area contributed by atoms with Crippen LogP contribution in [-0.2, 0) is 10.0 Å². The molecule has 0 spiro atoms. The van der Waals surface area contributed by atoms with Crippen LogP contribution in [0.4, 0.5) is 5.69 Å². The number of hydrogen-bond acceptors (Lipinski definition) is 3. The number of nitrogens with one attached hydrogen (secondary N) is 2. The summed E-state index contributed by atoms with van der Waals surface area (Å²) in [6.45, 7) is 4.04. The predicted octanol–water partition coefficient (Wildman–Crippen LogP) is 4.28. The Bertz CT molecular complexity index is 899. The molecule has 144 valence electrons. The van der Waals surface area contributed by atoms with Crippen LogP contribution in [0.3, 0.4) is 0 Å². The number of carbonyl (C=O) groups excluding carboxylic acids is 1. The number of anilines is 1. The molecule has 2 N–H and O–H groups in total. The van der Waals surface area contributed by atoms with Gasteiger partial charge in [-0.1, -0.05) is 44.9 Å². The quantitative estimate of drug-likeness (QED) is 0.778. The molecule has 1 saturated carbocycles. The maximum Gasteiger partial charge on any atom is 0.261 e. The number of rotatable bonds is 6. The predicted molar refractivity (Wildman–Crippen MR) is 108 cm³/mol. The van der Waals surface area contributed by atoms with E-state index in [9.17, 15) is 13.2 Å². The molecule has 3 rings (SSSR count). The number of amides is 1. The van der Waals surface area contributed by atoms with Crippen LogP contribution in [0.5, 0.6) is 0 Å². The van der Waals surface area contributed by atoms with Gasteiger partial charge in [-0.2, -0.15) is 0 Å². The fourth-order valence-corrected chi connectivity index (χ4v) is 4.51. The van der Waals surface area contributed by atoms with Gasteiger partial charge >= 0.3 is 0 Å². The zero-order chi connectivity index (χ0) is 19.4. The van der Waals surface area contributed by atoms with Crippen molar-refractivity contribution in [2.75, 3.05) is 4.72 Å². The van der Waals surface area contributed by atoms with E-state index >= 15 is 0 Å². The van der Waals surface area contributed by atoms with E-state index in [4.69, 9.17) is 0 Å². The van der Waals surface area contributed by atoms with Crippen molar-refractivity contribution in [1.82, 2.24) is 5.32 Å². The lowest BCUT2D eigenvalue weighted by Gasteiger charge is -2.15. The van der Waals surface area contributed by atoms with E-state index in [0.717, 1.165) is 31.2 Å². The Balaban J connectivity index is 1.74. The smallest absolute Gasteiger partial charge is 0.261 e. The molecular formula is C21H26N2O3S. The molecule has 5 nitrogen and oxygen atoms in total. The first kappa shape index (κ1) is 19.4. The molecule has 1 aliphatic rings. The largest absolute Gasteiger partial charge is 0.349 e. The van der Waals surface area contributed by atoms with Gasteiger partial charge in [0.2, 0.25) is 0 Å². The molecule has 2 aromatic carbocycles. The third-order valence-electron chi connectivity index (χ3n) is 4.94. The summed E-state index contributed by atoms with van der Waals surface area (Å²) in [6, 6.07) is 13.7. The fraction of sp³-hybridized carbons (Fsp3) is 0.381. The number of para-hydroxylation sites is 1. The minimum Gasteiger partial charge on any atom is -0.349 e. The van der Waals surface area contributed by atoms with Crippen LogP contribution in [0.1, 0.15) is 61.4 Å². The maximum atomic E-state index is 12.7. The van der Waals surface area contributed by atoms with Crippen LogP contribution in [0.15, 0.2) is 53.4 Å². The zero-order valence-corrected chi connectivity index (χ0v) is 16.6. The SMILES string of the molecule is CC(C)c1ccccc1NS(=O)(=O)c1ccc(C(=O)NC2CCCC2)cc1. The molecule has 0 atom stereocenters. The summed E-state index contributed by atoms with van der Waals surface area (Å²) in [4.78, 5) is 12.4. The summed E-state index contributed by atoms with van der Waals surface area (Å²) in [5, 5.41) is 3.01. The molecule has 0 aliphatic heterocycles. The third kappa shape index (κ3) is 4.69. The Morgan fingerprint density at radius 1 is 1.00 bits per heavy atom. The van der Waals surface area contributed by atoms with E-state index in [1.165, 1.54) is 12.1 Å². The van der Waals surface area contributed by atoms with E-state index in [1.807, 2.05) is 26.0 Å². The standard InChI is InChI=1S/C21H26N2O3S/c1-15(2)19-9-5-6-10-20(19)23-27(25,26)18-13-11-16(12-14-18)21(24)22-17-7-3-4-8-17/h5-6,9-15,17,23H,3-4,7-8H2,1-2H3,(H,22,24). The third-order valence-corrected chi connectivity index (χ3v) is 6.33. The summed E-state index contributed by atoms with van der Waals surface area (Å²) < 4.78 is 28.1. The van der Waals surface area contributed by atoms with Gasteiger partial charge in [-0.15, -0.1) is 0 Å². The lowest BCUT2D eigenvalue weighted by molar-refractivity contribution is 0.0938. The summed E-state index contributed by atoms with van der Waals surface area (Å²) in [5.74, 6) is 0.0505. The Hall–Kier alpha value is -2.34. The molecule has 0 unspecified atom stereocenters. The van der Waals surface area contributed by atoms with Gasteiger partial charge in [0.25, 0.3) is 15.9 Å². The molecule has 0 bridgehead atoms. The first-order valence-corrected chi connectivity index (χ1v) is 10.9. The second-order valence-corrected chi connectivity index (χ2v) is 9.01. The van der Waals surface area contributed by atoms with Gasteiger partial charge in [-0.25, -0.2) is 8.42 Å². The Labute approximate surface area is 161 Å². The maximum absolute atomic E-state index is 12.7. The van der Waals surface area contributed by atoms with Crippen LogP contribution >= 0.6 is 0 Å². The van der Waals surface area contributed by atoms with Crippen molar-refractivity contribution in [2.45, 2.75) is 56.4 Å². The molecule has 0 heterocycles. The average Bonchev–Trinajstić information content (AvgIpc) is 3.15. The van der Waals surface area contributed by atoms with Gasteiger partial charge in [0.05, 0.1) is 10.6 Å². The molecule has 1 aliphatic carbocycles. The molecule has 0 aromatic heterocycles. The van der Waals surface area contributed by atoms with E-state index in [1.54, 1.807) is 24.3 Å². The molecule has 0 saturated heterocycles. The highest BCUT2D eigenvalue weighted by Gasteiger charge is 2.20. The van der Waals surface area contributed by atoms with Crippen molar-refractivity contribution in [3.8, 4) is 0 Å². The fourth-order valence-electron chi connectivity index (χ4n) is 3.42. The van der Waals surface area contributed by atoms with Crippen molar-refractivity contribution in [2.24, 2.45) is 0 Å². The van der Waals surface area contributed by atoms with Crippen molar-refractivity contribution < 1.29 is 13.2 Å². The van der Waals surface area contributed by atoms with Gasteiger partial charge < -0.3 is 5.32 Å². The minimum atomic E-state index is -3.72. The summed E-state index contributed by atoms with van der Waals surface area (Å²) in [7, 11) is -3.72. The monoisotopic (exact) mass is 386 g/mol. The normalized spacial score (nSPS) is 15.1. The van der Waals surface area contributed by atoms with Gasteiger partial charge in [0.15, 0.2) is 0 Å². The molecule has 27 heavy (non-hydrogen) atoms. The van der Waals surface area contributed by atoms with Crippen molar-refractivity contribution >= 4 is 21.6 Å². The van der Waals surface area contributed by atoms with Crippen LogP contribution in [0, 0.1) is 0 Å². The van der Waals surface area contributed by atoms with E-state index in [2.05, 4.69) is 10.0 Å². The van der Waals surface area contributed by atoms with Crippen molar-refractivity contribution in [3.05, 3.63) is 59.7 Å². The van der Waals surface area contributed by atoms with Crippen LogP contribution in [-0.4, -0.2) is 20.4 Å². The van der Waals surface area contributed by atoms with Gasteiger partial charge in [0.1, 0.15) is 0 Å².